The lowest BCUT2D eigenvalue weighted by Gasteiger charge is -2.24. The molecule has 0 aliphatic carbocycles. The van der Waals surface area contributed by atoms with Gasteiger partial charge in [0.1, 0.15) is 11.5 Å². The third kappa shape index (κ3) is 4.21. The zero-order valence-corrected chi connectivity index (χ0v) is 17.6. The topological polar surface area (TPSA) is 65.3 Å². The number of benzene rings is 2. The van der Waals surface area contributed by atoms with Crippen LogP contribution in [0, 0.1) is 12.3 Å². The minimum Gasteiger partial charge on any atom is -0.497 e. The van der Waals surface area contributed by atoms with Crippen molar-refractivity contribution >= 4 is 22.4 Å². The lowest BCUT2D eigenvalue weighted by atomic mass is 10.2. The molecule has 0 aliphatic heterocycles. The molecule has 4 rings (SSSR count). The molecule has 0 amide bonds. The molecule has 0 radical (unpaired) electrons. The molecule has 0 saturated carbocycles. The summed E-state index contributed by atoms with van der Waals surface area (Å²) in [5.41, 5.74) is 3.69. The lowest BCUT2D eigenvalue weighted by Crippen LogP contribution is -2.17. The van der Waals surface area contributed by atoms with Gasteiger partial charge >= 0.3 is 0 Å². The number of aromatic nitrogens is 4. The van der Waals surface area contributed by atoms with Crippen molar-refractivity contribution in [3.63, 3.8) is 0 Å². The summed E-state index contributed by atoms with van der Waals surface area (Å²) in [7, 11) is -5.52. The second-order valence-electron chi connectivity index (χ2n) is 7.39. The Morgan fingerprint density at radius 2 is 1.84 bits per heavy atom. The van der Waals surface area contributed by atoms with Crippen LogP contribution in [0.15, 0.2) is 55.0 Å². The molecule has 2 aromatic carbocycles. The molecule has 0 bridgehead atoms. The summed E-state index contributed by atoms with van der Waals surface area (Å²) in [6, 6.07) is 9.65. The Bertz CT molecular complexity index is 1460. The molecule has 4 aromatic rings. The van der Waals surface area contributed by atoms with E-state index in [2.05, 4.69) is 16.0 Å². The highest BCUT2D eigenvalue weighted by Crippen LogP contribution is 2.34. The molecule has 7 heteroatoms. The Morgan fingerprint density at radius 3 is 2.50 bits per heavy atom. The van der Waals surface area contributed by atoms with Gasteiger partial charge in [-0.3, -0.25) is 9.67 Å². The van der Waals surface area contributed by atoms with E-state index in [-0.39, 0.29) is 24.1 Å². The molecule has 0 spiro atoms. The Hall–Kier alpha value is -4.05. The van der Waals surface area contributed by atoms with Crippen molar-refractivity contribution in [2.75, 3.05) is 25.5 Å². The second kappa shape index (κ2) is 8.98. The Labute approximate surface area is 196 Å². The predicted octanol–water partition coefficient (Wildman–Crippen LogP) is 4.86. The van der Waals surface area contributed by atoms with Crippen LogP contribution in [0.3, 0.4) is 0 Å². The normalized spacial score (nSPS) is 14.4. The van der Waals surface area contributed by atoms with Crippen LogP contribution >= 0.6 is 0 Å². The molecule has 0 saturated heterocycles. The monoisotopic (exact) mass is 433 g/mol. The molecule has 7 nitrogen and oxygen atoms in total. The van der Waals surface area contributed by atoms with Gasteiger partial charge in [-0.15, -0.1) is 6.42 Å². The number of hydrogen-bond acceptors (Lipinski definition) is 6. The van der Waals surface area contributed by atoms with Gasteiger partial charge in [0, 0.05) is 47.4 Å². The lowest BCUT2D eigenvalue weighted by molar-refractivity contribution is 0.394. The van der Waals surface area contributed by atoms with Crippen LogP contribution in [0.5, 0.6) is 11.5 Å². The average molecular weight is 434 g/mol. The zero-order valence-electron chi connectivity index (χ0n) is 23.6. The van der Waals surface area contributed by atoms with E-state index in [4.69, 9.17) is 29.1 Å². The number of fused-ring (bicyclic) bond motifs is 1. The molecule has 162 valence electrons. The minimum absolute atomic E-state index is 0.0736. The molecular formula is C25H25N5O2. The van der Waals surface area contributed by atoms with E-state index >= 15 is 0 Å². The first-order chi connectivity index (χ1) is 17.8. The van der Waals surface area contributed by atoms with Crippen LogP contribution < -0.4 is 14.4 Å². The Balaban J connectivity index is 1.78. The van der Waals surface area contributed by atoms with Crippen LogP contribution in [0.2, 0.25) is 0 Å². The van der Waals surface area contributed by atoms with E-state index in [1.54, 1.807) is 35.5 Å². The molecule has 2 aromatic heterocycles. The smallest absolute Gasteiger partial charge is 0.124 e. The van der Waals surface area contributed by atoms with E-state index < -0.39 is 14.1 Å². The van der Waals surface area contributed by atoms with Crippen molar-refractivity contribution in [3.8, 4) is 35.1 Å². The number of ether oxygens (including phenoxy) is 2. The average Bonchev–Trinajstić information content (AvgIpc) is 3.30. The maximum absolute atomic E-state index is 7.44. The van der Waals surface area contributed by atoms with Crippen molar-refractivity contribution in [1.29, 1.82) is 0 Å². The van der Waals surface area contributed by atoms with E-state index in [1.807, 2.05) is 24.7 Å². The molecule has 0 unspecified atom stereocenters. The van der Waals surface area contributed by atoms with Gasteiger partial charge in [-0.1, -0.05) is 5.92 Å². The van der Waals surface area contributed by atoms with Crippen LogP contribution in [0.25, 0.3) is 22.3 Å². The summed E-state index contributed by atoms with van der Waals surface area (Å²) in [6.45, 7) is 4.13. The predicted molar refractivity (Wildman–Crippen MR) is 127 cm³/mol. The number of hydrogen-bond donors (Lipinski definition) is 0. The standard InChI is InChI=1S/C25H25N5O2/c1-6-9-29(20-10-21(31-4)13-22(11-20)32-5)19-7-8-23-24(12-19)28-25(15-26-23)18-14-27-30(16-18)17(2)3/h1,7-8,10-17H,9H2,2-5H3/i4D3,5D3. The highest BCUT2D eigenvalue weighted by Gasteiger charge is 2.14. The molecule has 32 heavy (non-hydrogen) atoms. The molecule has 0 fully saturated rings. The third-order valence-corrected chi connectivity index (χ3v) is 4.93. The van der Waals surface area contributed by atoms with Crippen molar-refractivity contribution < 1.29 is 17.7 Å². The van der Waals surface area contributed by atoms with Gasteiger partial charge in [-0.05, 0) is 32.0 Å². The molecule has 2 heterocycles. The van der Waals surface area contributed by atoms with Crippen molar-refractivity contribution in [2.24, 2.45) is 0 Å². The summed E-state index contributed by atoms with van der Waals surface area (Å²) < 4.78 is 56.6. The maximum atomic E-state index is 7.44. The number of rotatable bonds is 7. The van der Waals surface area contributed by atoms with Crippen LogP contribution in [0.1, 0.15) is 28.1 Å². The van der Waals surface area contributed by atoms with Crippen molar-refractivity contribution in [2.45, 2.75) is 19.9 Å². The Kier molecular flexibility index (Phi) is 4.17. The third-order valence-electron chi connectivity index (χ3n) is 4.93. The summed E-state index contributed by atoms with van der Waals surface area (Å²) in [6.07, 6.45) is 11.0. The van der Waals surface area contributed by atoms with E-state index in [0.29, 0.717) is 28.1 Å². The van der Waals surface area contributed by atoms with Gasteiger partial charge in [0.05, 0.1) is 58.0 Å². The molecular weight excluding hydrogens is 402 g/mol. The van der Waals surface area contributed by atoms with E-state index in [1.165, 1.54) is 18.2 Å². The summed E-state index contributed by atoms with van der Waals surface area (Å²) >= 11 is 0. The fraction of sp³-hybridized carbons (Fsp3) is 0.240. The largest absolute Gasteiger partial charge is 0.497 e. The number of methoxy groups -OCH3 is 2. The number of anilines is 2. The summed E-state index contributed by atoms with van der Waals surface area (Å²) in [5.74, 6) is 2.37. The van der Waals surface area contributed by atoms with Crippen LogP contribution in [0.4, 0.5) is 11.4 Å². The molecule has 0 aliphatic rings. The van der Waals surface area contributed by atoms with Gasteiger partial charge in [-0.25, -0.2) is 4.98 Å². The first kappa shape index (κ1) is 14.9. The molecule has 0 N–H and O–H groups in total. The summed E-state index contributed by atoms with van der Waals surface area (Å²) in [5, 5.41) is 4.36. The fourth-order valence-corrected chi connectivity index (χ4v) is 3.31. The number of terminal acetylenes is 1. The minimum atomic E-state index is -2.76. The van der Waals surface area contributed by atoms with E-state index in [9.17, 15) is 0 Å². The highest BCUT2D eigenvalue weighted by molar-refractivity contribution is 5.83. The Morgan fingerprint density at radius 1 is 1.06 bits per heavy atom. The van der Waals surface area contributed by atoms with Gasteiger partial charge in [0.25, 0.3) is 0 Å². The van der Waals surface area contributed by atoms with Gasteiger partial charge in [0.15, 0.2) is 0 Å². The van der Waals surface area contributed by atoms with Crippen LogP contribution in [-0.4, -0.2) is 40.4 Å². The van der Waals surface area contributed by atoms with Crippen LogP contribution in [-0.2, 0) is 0 Å². The highest BCUT2D eigenvalue weighted by atomic mass is 16.5. The van der Waals surface area contributed by atoms with Crippen molar-refractivity contribution in [3.05, 3.63) is 55.0 Å². The maximum Gasteiger partial charge on any atom is 0.124 e. The zero-order chi connectivity index (χ0) is 27.7. The molecule has 0 atom stereocenters. The van der Waals surface area contributed by atoms with Gasteiger partial charge in [-0.2, -0.15) is 5.10 Å². The number of nitrogens with zero attached hydrogens (tertiary/aromatic N) is 5. The summed E-state index contributed by atoms with van der Waals surface area (Å²) in [4.78, 5) is 11.0. The first-order valence-corrected chi connectivity index (χ1v) is 9.87. The van der Waals surface area contributed by atoms with Crippen molar-refractivity contribution in [1.82, 2.24) is 19.7 Å². The fourth-order valence-electron chi connectivity index (χ4n) is 3.31. The quantitative estimate of drug-likeness (QED) is 0.388. The SMILES string of the molecule is [2H]C([2H])([2H])Oc1cc(OC([2H])([2H])[2H])cc(N(CC#C)c2ccc3ncc(-c4cnn(C(C)C)c4)nc3c2)c1. The van der Waals surface area contributed by atoms with E-state index in [0.717, 1.165) is 5.56 Å². The second-order valence-corrected chi connectivity index (χ2v) is 7.39. The van der Waals surface area contributed by atoms with Gasteiger partial charge in [0.2, 0.25) is 0 Å². The van der Waals surface area contributed by atoms with Gasteiger partial charge < -0.3 is 14.4 Å². The first-order valence-electron chi connectivity index (χ1n) is 12.9.